The van der Waals surface area contributed by atoms with Crippen LogP contribution in [0.15, 0.2) is 40.9 Å². The molecule has 108 valence electrons. The van der Waals surface area contributed by atoms with Crippen molar-refractivity contribution >= 4 is 44.8 Å². The number of amides is 1. The van der Waals surface area contributed by atoms with Crippen molar-refractivity contribution in [2.45, 2.75) is 6.92 Å². The van der Waals surface area contributed by atoms with Crippen LogP contribution in [-0.2, 0) is 0 Å². The first-order valence-corrected chi connectivity index (χ1v) is 7.08. The maximum atomic E-state index is 12.2. The van der Waals surface area contributed by atoms with Crippen molar-refractivity contribution in [2.75, 3.05) is 5.32 Å². The van der Waals surface area contributed by atoms with E-state index in [9.17, 15) is 14.9 Å². The van der Waals surface area contributed by atoms with Gasteiger partial charge in [-0.3, -0.25) is 14.9 Å². The molecule has 5 nitrogen and oxygen atoms in total. The van der Waals surface area contributed by atoms with E-state index in [0.29, 0.717) is 15.7 Å². The van der Waals surface area contributed by atoms with Crippen LogP contribution in [0.4, 0.5) is 11.4 Å². The monoisotopic (exact) mass is 368 g/mol. The molecule has 0 saturated heterocycles. The molecule has 7 heteroatoms. The summed E-state index contributed by atoms with van der Waals surface area (Å²) in [4.78, 5) is 22.6. The number of anilines is 1. The topological polar surface area (TPSA) is 72.2 Å². The quantitative estimate of drug-likeness (QED) is 0.636. The van der Waals surface area contributed by atoms with Crippen LogP contribution in [0.3, 0.4) is 0 Å². The minimum atomic E-state index is -0.489. The van der Waals surface area contributed by atoms with Gasteiger partial charge in [-0.2, -0.15) is 0 Å². The summed E-state index contributed by atoms with van der Waals surface area (Å²) in [7, 11) is 0. The van der Waals surface area contributed by atoms with E-state index >= 15 is 0 Å². The highest BCUT2D eigenvalue weighted by Crippen LogP contribution is 2.29. The number of nitrogens with zero attached hydrogens (tertiary/aromatic N) is 1. The average molecular weight is 370 g/mol. The molecule has 2 rings (SSSR count). The fraction of sp³-hybridized carbons (Fsp3) is 0.0714. The first-order chi connectivity index (χ1) is 9.91. The lowest BCUT2D eigenvalue weighted by Gasteiger charge is -2.10. The van der Waals surface area contributed by atoms with Crippen molar-refractivity contribution in [3.05, 3.63) is 67.1 Å². The van der Waals surface area contributed by atoms with Crippen LogP contribution in [0, 0.1) is 17.0 Å². The number of nitro benzene ring substituents is 1. The molecule has 0 aromatic heterocycles. The van der Waals surface area contributed by atoms with Gasteiger partial charge < -0.3 is 5.32 Å². The van der Waals surface area contributed by atoms with Gasteiger partial charge >= 0.3 is 0 Å². The first-order valence-electron chi connectivity index (χ1n) is 5.91. The van der Waals surface area contributed by atoms with E-state index < -0.39 is 10.8 Å². The zero-order chi connectivity index (χ0) is 15.6. The van der Waals surface area contributed by atoms with Gasteiger partial charge in [-0.15, -0.1) is 0 Å². The number of benzene rings is 2. The lowest BCUT2D eigenvalue weighted by molar-refractivity contribution is -0.385. The van der Waals surface area contributed by atoms with Gasteiger partial charge in [-0.1, -0.05) is 23.7 Å². The van der Waals surface area contributed by atoms with E-state index in [1.165, 1.54) is 12.1 Å². The molecule has 0 atom stereocenters. The van der Waals surface area contributed by atoms with Crippen LogP contribution in [0.25, 0.3) is 0 Å². The van der Waals surface area contributed by atoms with Crippen LogP contribution in [0.1, 0.15) is 15.9 Å². The Balaban J connectivity index is 2.34. The molecule has 0 heterocycles. The molecule has 0 fully saturated rings. The third kappa shape index (κ3) is 3.22. The van der Waals surface area contributed by atoms with Gasteiger partial charge in [0.25, 0.3) is 11.6 Å². The Bertz CT molecular complexity index is 734. The summed E-state index contributed by atoms with van der Waals surface area (Å²) >= 11 is 9.30. The Kier molecular flexibility index (Phi) is 4.59. The molecule has 0 aliphatic rings. The Hall–Kier alpha value is -1.92. The zero-order valence-corrected chi connectivity index (χ0v) is 13.2. The van der Waals surface area contributed by atoms with E-state index in [4.69, 9.17) is 11.6 Å². The fourth-order valence-electron chi connectivity index (χ4n) is 1.83. The van der Waals surface area contributed by atoms with Crippen LogP contribution in [0.2, 0.25) is 5.02 Å². The molecular weight excluding hydrogens is 360 g/mol. The van der Waals surface area contributed by atoms with E-state index in [1.54, 1.807) is 31.2 Å². The lowest BCUT2D eigenvalue weighted by Crippen LogP contribution is -2.13. The van der Waals surface area contributed by atoms with E-state index in [0.717, 1.165) is 0 Å². The second-order valence-electron chi connectivity index (χ2n) is 4.26. The third-order valence-electron chi connectivity index (χ3n) is 2.95. The molecule has 0 radical (unpaired) electrons. The first kappa shape index (κ1) is 15.5. The normalized spacial score (nSPS) is 10.2. The second kappa shape index (κ2) is 6.24. The Morgan fingerprint density at radius 3 is 2.62 bits per heavy atom. The van der Waals surface area contributed by atoms with Crippen LogP contribution >= 0.6 is 27.5 Å². The number of hydrogen-bond acceptors (Lipinski definition) is 3. The molecule has 0 unspecified atom stereocenters. The number of rotatable bonds is 3. The summed E-state index contributed by atoms with van der Waals surface area (Å²) in [6.07, 6.45) is 0. The molecule has 21 heavy (non-hydrogen) atoms. The van der Waals surface area contributed by atoms with Crippen LogP contribution in [-0.4, -0.2) is 10.8 Å². The molecule has 0 aliphatic carbocycles. The third-order valence-corrected chi connectivity index (χ3v) is 4.24. The highest BCUT2D eigenvalue weighted by Gasteiger charge is 2.17. The number of carbonyl (C=O) groups excluding carboxylic acids is 1. The summed E-state index contributed by atoms with van der Waals surface area (Å²) in [6, 6.07) is 9.49. The molecule has 1 N–H and O–H groups in total. The number of nitrogens with one attached hydrogen (secondary N) is 1. The number of hydrogen-bond donors (Lipinski definition) is 1. The van der Waals surface area contributed by atoms with E-state index in [2.05, 4.69) is 21.2 Å². The molecular formula is C14H10BrClN2O3. The largest absolute Gasteiger partial charge is 0.321 e. The summed E-state index contributed by atoms with van der Waals surface area (Å²) in [5.41, 5.74) is 1.01. The second-order valence-corrected chi connectivity index (χ2v) is 5.49. The van der Waals surface area contributed by atoms with Crippen molar-refractivity contribution in [1.82, 2.24) is 0 Å². The summed E-state index contributed by atoms with van der Waals surface area (Å²) in [5.74, 6) is -0.426. The molecule has 2 aromatic carbocycles. The minimum Gasteiger partial charge on any atom is -0.321 e. The van der Waals surface area contributed by atoms with Gasteiger partial charge in [0.2, 0.25) is 0 Å². The molecule has 0 spiro atoms. The summed E-state index contributed by atoms with van der Waals surface area (Å²) in [6.45, 7) is 1.58. The minimum absolute atomic E-state index is 0.0480. The molecule has 0 aliphatic heterocycles. The molecule has 1 amide bonds. The molecule has 0 saturated carbocycles. The molecule has 2 aromatic rings. The highest BCUT2D eigenvalue weighted by molar-refractivity contribution is 9.10. The highest BCUT2D eigenvalue weighted by atomic mass is 79.9. The average Bonchev–Trinajstić information content (AvgIpc) is 2.43. The number of halogens is 2. The van der Waals surface area contributed by atoms with Gasteiger partial charge in [0.1, 0.15) is 0 Å². The predicted molar refractivity (Wildman–Crippen MR) is 84.9 cm³/mol. The predicted octanol–water partition coefficient (Wildman–Crippen LogP) is 4.57. The van der Waals surface area contributed by atoms with Crippen molar-refractivity contribution < 1.29 is 9.72 Å². The van der Waals surface area contributed by atoms with Gasteiger partial charge in [-0.25, -0.2) is 0 Å². The molecule has 0 bridgehead atoms. The van der Waals surface area contributed by atoms with Crippen molar-refractivity contribution in [2.24, 2.45) is 0 Å². The van der Waals surface area contributed by atoms with Crippen molar-refractivity contribution in [3.63, 3.8) is 0 Å². The van der Waals surface area contributed by atoms with Crippen LogP contribution in [0.5, 0.6) is 0 Å². The van der Waals surface area contributed by atoms with E-state index in [1.807, 2.05) is 0 Å². The van der Waals surface area contributed by atoms with Crippen molar-refractivity contribution in [3.8, 4) is 0 Å². The van der Waals surface area contributed by atoms with Gasteiger partial charge in [0, 0.05) is 10.5 Å². The smallest absolute Gasteiger partial charge is 0.274 e. The summed E-state index contributed by atoms with van der Waals surface area (Å²) in [5, 5.41) is 13.8. The Labute approximate surface area is 134 Å². The Morgan fingerprint density at radius 2 is 1.95 bits per heavy atom. The SMILES string of the molecule is Cc1c(NC(=O)c2cccc(Br)c2Cl)cccc1[N+](=O)[O-]. The van der Waals surface area contributed by atoms with Crippen molar-refractivity contribution in [1.29, 1.82) is 0 Å². The Morgan fingerprint density at radius 1 is 1.29 bits per heavy atom. The summed E-state index contributed by atoms with van der Waals surface area (Å²) < 4.78 is 0.604. The van der Waals surface area contributed by atoms with Crippen LogP contribution < -0.4 is 5.32 Å². The standard InChI is InChI=1S/C14H10BrClN2O3/c1-8-11(6-3-7-12(8)18(20)21)17-14(19)9-4-2-5-10(15)13(9)16/h2-7H,1H3,(H,17,19). The lowest BCUT2D eigenvalue weighted by atomic mass is 10.1. The fourth-order valence-corrected chi connectivity index (χ4v) is 2.40. The van der Waals surface area contributed by atoms with Gasteiger partial charge in [0.05, 0.1) is 26.8 Å². The van der Waals surface area contributed by atoms with E-state index in [-0.39, 0.29) is 16.3 Å². The maximum Gasteiger partial charge on any atom is 0.274 e. The zero-order valence-electron chi connectivity index (χ0n) is 10.9. The maximum absolute atomic E-state index is 12.2. The number of carbonyl (C=O) groups is 1. The van der Waals surface area contributed by atoms with Gasteiger partial charge in [0.15, 0.2) is 0 Å². The number of nitro groups is 1. The van der Waals surface area contributed by atoms with Gasteiger partial charge in [-0.05, 0) is 41.1 Å².